The second kappa shape index (κ2) is 6.88. The van der Waals surface area contributed by atoms with E-state index in [2.05, 4.69) is 31.9 Å². The third kappa shape index (κ3) is 3.72. The molecule has 0 fully saturated rings. The molecule has 0 aromatic heterocycles. The molecule has 0 aliphatic carbocycles. The van der Waals surface area contributed by atoms with E-state index in [1.165, 1.54) is 5.56 Å². The molecule has 0 N–H and O–H groups in total. The molecule has 1 nitrogen and oxygen atoms in total. The van der Waals surface area contributed by atoms with Crippen LogP contribution in [0.2, 0.25) is 5.02 Å². The van der Waals surface area contributed by atoms with Crippen molar-refractivity contribution in [3.05, 3.63) is 70.2 Å². The van der Waals surface area contributed by atoms with Gasteiger partial charge < -0.3 is 0 Å². The molecule has 0 aliphatic heterocycles. The maximum Gasteiger partial charge on any atom is 0.177 e. The van der Waals surface area contributed by atoms with Gasteiger partial charge in [-0.15, -0.1) is 0 Å². The van der Waals surface area contributed by atoms with Gasteiger partial charge in [0.15, 0.2) is 5.78 Å². The zero-order chi connectivity index (χ0) is 14.7. The lowest BCUT2D eigenvalue weighted by atomic mass is 10.0. The molecule has 0 bridgehead atoms. The van der Waals surface area contributed by atoms with Gasteiger partial charge in [-0.3, -0.25) is 4.79 Å². The number of carbonyl (C=O) groups excluding carboxylic acids is 1. The van der Waals surface area contributed by atoms with E-state index in [9.17, 15) is 4.79 Å². The van der Waals surface area contributed by atoms with Crippen molar-refractivity contribution in [1.29, 1.82) is 0 Å². The zero-order valence-electron chi connectivity index (χ0n) is 10.8. The highest BCUT2D eigenvalue weighted by atomic mass is 79.9. The SMILES string of the molecule is Cc1ccc([C@@H](Br)[C@H](Br)C(=O)c2ccc(Cl)cc2)cc1. The Kier molecular flexibility index (Phi) is 5.42. The maximum absolute atomic E-state index is 12.4. The van der Waals surface area contributed by atoms with E-state index >= 15 is 0 Å². The maximum atomic E-state index is 12.4. The van der Waals surface area contributed by atoms with Crippen molar-refractivity contribution >= 4 is 49.2 Å². The summed E-state index contributed by atoms with van der Waals surface area (Å²) in [6.45, 7) is 2.04. The first-order valence-corrected chi connectivity index (χ1v) is 8.34. The number of Topliss-reactive ketones (excluding diaryl/α,β-unsaturated/α-hetero) is 1. The van der Waals surface area contributed by atoms with Crippen LogP contribution in [0.15, 0.2) is 48.5 Å². The van der Waals surface area contributed by atoms with Gasteiger partial charge in [0.1, 0.15) is 0 Å². The summed E-state index contributed by atoms with van der Waals surface area (Å²) in [6, 6.07) is 15.1. The molecule has 0 radical (unpaired) electrons. The Morgan fingerprint density at radius 3 is 2.10 bits per heavy atom. The zero-order valence-corrected chi connectivity index (χ0v) is 14.7. The first-order valence-electron chi connectivity index (χ1n) is 6.13. The van der Waals surface area contributed by atoms with Crippen molar-refractivity contribution in [2.75, 3.05) is 0 Å². The predicted molar refractivity (Wildman–Crippen MR) is 91.3 cm³/mol. The lowest BCUT2D eigenvalue weighted by molar-refractivity contribution is 0.0991. The Morgan fingerprint density at radius 1 is 1.00 bits per heavy atom. The third-order valence-electron chi connectivity index (χ3n) is 3.03. The van der Waals surface area contributed by atoms with Crippen molar-refractivity contribution in [2.24, 2.45) is 0 Å². The highest BCUT2D eigenvalue weighted by Gasteiger charge is 2.25. The topological polar surface area (TPSA) is 17.1 Å². The molecule has 2 rings (SSSR count). The molecular weight excluding hydrogens is 403 g/mol. The number of halogens is 3. The third-order valence-corrected chi connectivity index (χ3v) is 6.00. The average molecular weight is 417 g/mol. The number of alkyl halides is 2. The summed E-state index contributed by atoms with van der Waals surface area (Å²) in [5, 5.41) is 0.626. The van der Waals surface area contributed by atoms with Crippen LogP contribution >= 0.6 is 43.5 Å². The lowest BCUT2D eigenvalue weighted by Gasteiger charge is -2.16. The predicted octanol–water partition coefficient (Wildman–Crippen LogP) is 5.73. The minimum Gasteiger partial charge on any atom is -0.293 e. The van der Waals surface area contributed by atoms with Crippen LogP contribution in [0, 0.1) is 6.92 Å². The highest BCUT2D eigenvalue weighted by molar-refractivity contribution is 9.12. The number of ketones is 1. The summed E-state index contributed by atoms with van der Waals surface area (Å²) in [5.74, 6) is 0.0316. The van der Waals surface area contributed by atoms with Crippen LogP contribution in [0.1, 0.15) is 26.3 Å². The van der Waals surface area contributed by atoms with E-state index in [4.69, 9.17) is 11.6 Å². The molecule has 2 aromatic rings. The second-order valence-corrected chi connectivity index (χ2v) is 6.99. The molecule has 0 saturated heterocycles. The molecular formula is C16H13Br2ClO. The Balaban J connectivity index is 2.17. The Morgan fingerprint density at radius 2 is 1.55 bits per heavy atom. The van der Waals surface area contributed by atoms with Crippen LogP contribution in [0.25, 0.3) is 0 Å². The molecule has 104 valence electrons. The first kappa shape index (κ1) is 15.7. The minimum atomic E-state index is -0.327. The van der Waals surface area contributed by atoms with Crippen LogP contribution in [0.4, 0.5) is 0 Å². The van der Waals surface area contributed by atoms with E-state index in [0.29, 0.717) is 10.6 Å². The monoisotopic (exact) mass is 414 g/mol. The summed E-state index contributed by atoms with van der Waals surface area (Å²) >= 11 is 12.9. The van der Waals surface area contributed by atoms with Gasteiger partial charge >= 0.3 is 0 Å². The number of benzene rings is 2. The average Bonchev–Trinajstić information content (AvgIpc) is 2.46. The van der Waals surface area contributed by atoms with Gasteiger partial charge in [0.05, 0.1) is 9.65 Å². The molecule has 0 spiro atoms. The molecule has 0 aliphatic rings. The number of hydrogen-bond acceptors (Lipinski definition) is 1. The summed E-state index contributed by atoms with van der Waals surface area (Å²) in [5.41, 5.74) is 2.91. The van der Waals surface area contributed by atoms with Gasteiger partial charge in [0.25, 0.3) is 0 Å². The summed E-state index contributed by atoms with van der Waals surface area (Å²) < 4.78 is 0. The van der Waals surface area contributed by atoms with Gasteiger partial charge in [-0.2, -0.15) is 0 Å². The van der Waals surface area contributed by atoms with E-state index in [0.717, 1.165) is 5.56 Å². The Labute approximate surface area is 140 Å². The molecule has 4 heteroatoms. The van der Waals surface area contributed by atoms with Gasteiger partial charge in [-0.05, 0) is 36.8 Å². The van der Waals surface area contributed by atoms with E-state index in [1.54, 1.807) is 24.3 Å². The van der Waals surface area contributed by atoms with Gasteiger partial charge in [0, 0.05) is 10.6 Å². The van der Waals surface area contributed by atoms with Gasteiger partial charge in [-0.1, -0.05) is 73.3 Å². The first-order chi connectivity index (χ1) is 9.49. The van der Waals surface area contributed by atoms with Crippen molar-refractivity contribution in [1.82, 2.24) is 0 Å². The van der Waals surface area contributed by atoms with Crippen molar-refractivity contribution < 1.29 is 4.79 Å². The number of aryl methyl sites for hydroxylation is 1. The molecule has 0 saturated carbocycles. The van der Waals surface area contributed by atoms with Crippen LogP contribution in [-0.2, 0) is 0 Å². The molecule has 2 aromatic carbocycles. The van der Waals surface area contributed by atoms with E-state index < -0.39 is 0 Å². The fraction of sp³-hybridized carbons (Fsp3) is 0.188. The van der Waals surface area contributed by atoms with Gasteiger partial charge in [0.2, 0.25) is 0 Å². The quantitative estimate of drug-likeness (QED) is 0.459. The smallest absolute Gasteiger partial charge is 0.177 e. The van der Waals surface area contributed by atoms with Crippen LogP contribution in [-0.4, -0.2) is 10.6 Å². The molecule has 0 heterocycles. The van der Waals surface area contributed by atoms with Crippen molar-refractivity contribution in [3.8, 4) is 0 Å². The highest BCUT2D eigenvalue weighted by Crippen LogP contribution is 2.33. The largest absolute Gasteiger partial charge is 0.293 e. The summed E-state index contributed by atoms with van der Waals surface area (Å²) in [4.78, 5) is 12.0. The van der Waals surface area contributed by atoms with E-state index in [-0.39, 0.29) is 15.4 Å². The van der Waals surface area contributed by atoms with Crippen LogP contribution in [0.3, 0.4) is 0 Å². The summed E-state index contributed by atoms with van der Waals surface area (Å²) in [7, 11) is 0. The number of rotatable bonds is 4. The number of carbonyl (C=O) groups is 1. The van der Waals surface area contributed by atoms with Crippen molar-refractivity contribution in [3.63, 3.8) is 0 Å². The van der Waals surface area contributed by atoms with E-state index in [1.807, 2.05) is 31.2 Å². The second-order valence-electron chi connectivity index (χ2n) is 4.59. The molecule has 0 amide bonds. The number of hydrogen-bond donors (Lipinski definition) is 0. The minimum absolute atomic E-state index is 0.0316. The Bertz CT molecular complexity index is 593. The van der Waals surface area contributed by atoms with Crippen molar-refractivity contribution in [2.45, 2.75) is 16.6 Å². The van der Waals surface area contributed by atoms with Gasteiger partial charge in [-0.25, -0.2) is 0 Å². The fourth-order valence-electron chi connectivity index (χ4n) is 1.83. The molecule has 20 heavy (non-hydrogen) atoms. The van der Waals surface area contributed by atoms with Crippen LogP contribution in [0.5, 0.6) is 0 Å². The molecule has 0 unspecified atom stereocenters. The fourth-order valence-corrected chi connectivity index (χ4v) is 3.07. The van der Waals surface area contributed by atoms with Crippen LogP contribution < -0.4 is 0 Å². The summed E-state index contributed by atoms with van der Waals surface area (Å²) in [6.07, 6.45) is 0. The normalized spacial score (nSPS) is 13.8. The standard InChI is InChI=1S/C16H13Br2ClO/c1-10-2-4-11(5-3-10)14(17)15(18)16(20)12-6-8-13(19)9-7-12/h2-9,14-15H,1H3/t14-,15+/m1/s1. The Hall–Kier alpha value is -0.640. The molecule has 2 atom stereocenters. The lowest BCUT2D eigenvalue weighted by Crippen LogP contribution is -2.19.